The van der Waals surface area contributed by atoms with Gasteiger partial charge in [-0.2, -0.15) is 0 Å². The second kappa shape index (κ2) is 3.89. The zero-order valence-corrected chi connectivity index (χ0v) is 8.07. The van der Waals surface area contributed by atoms with Crippen molar-refractivity contribution >= 4 is 5.97 Å². The van der Waals surface area contributed by atoms with Gasteiger partial charge in [-0.05, 0) is 19.9 Å². The molecule has 0 amide bonds. The second-order valence-electron chi connectivity index (χ2n) is 3.25. The molecule has 0 N–H and O–H groups in total. The second-order valence-corrected chi connectivity index (χ2v) is 3.25. The highest BCUT2D eigenvalue weighted by atomic mass is 16.7. The molecule has 0 spiro atoms. The molecule has 0 aromatic carbocycles. The van der Waals surface area contributed by atoms with Crippen LogP contribution in [0.2, 0.25) is 0 Å². The van der Waals surface area contributed by atoms with Crippen LogP contribution in [0.15, 0.2) is 12.2 Å². The average Bonchev–Trinajstić information content (AvgIpc) is 2.41. The third-order valence-corrected chi connectivity index (χ3v) is 1.68. The summed E-state index contributed by atoms with van der Waals surface area (Å²) in [7, 11) is 1.34. The van der Waals surface area contributed by atoms with E-state index < -0.39 is 5.79 Å². The molecular weight excluding hydrogens is 172 g/mol. The van der Waals surface area contributed by atoms with Crippen molar-refractivity contribution in [1.29, 1.82) is 0 Å². The summed E-state index contributed by atoms with van der Waals surface area (Å²) < 4.78 is 15.2. The Morgan fingerprint density at radius 3 is 2.77 bits per heavy atom. The number of hydrogen-bond acceptors (Lipinski definition) is 4. The van der Waals surface area contributed by atoms with Crippen molar-refractivity contribution < 1.29 is 19.0 Å². The molecule has 1 atom stereocenters. The third kappa shape index (κ3) is 3.16. The molecule has 1 rings (SSSR count). The Kier molecular flexibility index (Phi) is 3.06. The number of carbonyl (C=O) groups excluding carboxylic acids is 1. The van der Waals surface area contributed by atoms with Gasteiger partial charge in [0.2, 0.25) is 0 Å². The van der Waals surface area contributed by atoms with Crippen LogP contribution in [0.25, 0.3) is 0 Å². The molecule has 1 fully saturated rings. The normalized spacial score (nSPS) is 26.5. The number of esters is 1. The summed E-state index contributed by atoms with van der Waals surface area (Å²) in [5, 5.41) is 0. The molecule has 0 aromatic heterocycles. The zero-order chi connectivity index (χ0) is 9.90. The van der Waals surface area contributed by atoms with E-state index >= 15 is 0 Å². The van der Waals surface area contributed by atoms with Crippen LogP contribution in [0.4, 0.5) is 0 Å². The van der Waals surface area contributed by atoms with Crippen molar-refractivity contribution in [1.82, 2.24) is 0 Å². The van der Waals surface area contributed by atoms with Crippen molar-refractivity contribution in [2.45, 2.75) is 25.7 Å². The van der Waals surface area contributed by atoms with Crippen molar-refractivity contribution in [2.24, 2.45) is 0 Å². The van der Waals surface area contributed by atoms with E-state index in [1.54, 1.807) is 6.08 Å². The monoisotopic (exact) mass is 186 g/mol. The van der Waals surface area contributed by atoms with Crippen molar-refractivity contribution in [3.8, 4) is 0 Å². The Morgan fingerprint density at radius 1 is 1.62 bits per heavy atom. The molecule has 4 heteroatoms. The lowest BCUT2D eigenvalue weighted by Gasteiger charge is -2.15. The fraction of sp³-hybridized carbons (Fsp3) is 0.667. The van der Waals surface area contributed by atoms with E-state index in [0.29, 0.717) is 6.61 Å². The first-order chi connectivity index (χ1) is 6.03. The third-order valence-electron chi connectivity index (χ3n) is 1.68. The van der Waals surface area contributed by atoms with Gasteiger partial charge in [0, 0.05) is 6.08 Å². The first kappa shape index (κ1) is 10.2. The van der Waals surface area contributed by atoms with Crippen LogP contribution in [0.3, 0.4) is 0 Å². The molecule has 1 unspecified atom stereocenters. The number of carbonyl (C=O) groups is 1. The van der Waals surface area contributed by atoms with Crippen molar-refractivity contribution in [3.05, 3.63) is 12.2 Å². The van der Waals surface area contributed by atoms with Crippen LogP contribution in [0.5, 0.6) is 0 Å². The standard InChI is InChI=1S/C9H14O4/c1-9(2)12-6-7(13-9)4-5-8(10)11-3/h4-5,7H,6H2,1-3H3. The molecule has 0 bridgehead atoms. The highest BCUT2D eigenvalue weighted by Gasteiger charge is 2.30. The van der Waals surface area contributed by atoms with Gasteiger partial charge in [-0.3, -0.25) is 0 Å². The molecule has 0 aromatic rings. The van der Waals surface area contributed by atoms with Crippen LogP contribution in [0, 0.1) is 0 Å². The number of rotatable bonds is 2. The molecule has 1 saturated heterocycles. The maximum Gasteiger partial charge on any atom is 0.330 e. The molecule has 1 aliphatic heterocycles. The quantitative estimate of drug-likeness (QED) is 0.474. The van der Waals surface area contributed by atoms with Gasteiger partial charge in [0.1, 0.15) is 6.10 Å². The van der Waals surface area contributed by atoms with Crippen LogP contribution >= 0.6 is 0 Å². The van der Waals surface area contributed by atoms with Crippen molar-refractivity contribution in [3.63, 3.8) is 0 Å². The summed E-state index contributed by atoms with van der Waals surface area (Å²) in [4.78, 5) is 10.7. The average molecular weight is 186 g/mol. The summed E-state index contributed by atoms with van der Waals surface area (Å²) >= 11 is 0. The lowest BCUT2D eigenvalue weighted by molar-refractivity contribution is -0.136. The van der Waals surface area contributed by atoms with Crippen LogP contribution in [0.1, 0.15) is 13.8 Å². The van der Waals surface area contributed by atoms with Gasteiger partial charge < -0.3 is 14.2 Å². The van der Waals surface area contributed by atoms with Crippen molar-refractivity contribution in [2.75, 3.05) is 13.7 Å². The molecule has 0 aliphatic carbocycles. The van der Waals surface area contributed by atoms with E-state index in [4.69, 9.17) is 9.47 Å². The van der Waals surface area contributed by atoms with E-state index in [-0.39, 0.29) is 12.1 Å². The lowest BCUT2D eigenvalue weighted by atomic mass is 10.3. The smallest absolute Gasteiger partial charge is 0.330 e. The maximum absolute atomic E-state index is 10.7. The molecule has 0 saturated carbocycles. The Hall–Kier alpha value is -0.870. The van der Waals surface area contributed by atoms with Gasteiger partial charge in [-0.25, -0.2) is 4.79 Å². The van der Waals surface area contributed by atoms with Gasteiger partial charge in [0.15, 0.2) is 5.79 Å². The van der Waals surface area contributed by atoms with E-state index in [9.17, 15) is 4.79 Å². The summed E-state index contributed by atoms with van der Waals surface area (Å²) in [6.07, 6.45) is 2.82. The molecule has 13 heavy (non-hydrogen) atoms. The van der Waals surface area contributed by atoms with E-state index in [1.165, 1.54) is 13.2 Å². The Morgan fingerprint density at radius 2 is 2.31 bits per heavy atom. The summed E-state index contributed by atoms with van der Waals surface area (Å²) in [5.74, 6) is -0.932. The fourth-order valence-electron chi connectivity index (χ4n) is 1.06. The van der Waals surface area contributed by atoms with E-state index in [1.807, 2.05) is 13.8 Å². The molecule has 1 heterocycles. The minimum Gasteiger partial charge on any atom is -0.466 e. The topological polar surface area (TPSA) is 44.8 Å². The van der Waals surface area contributed by atoms with Gasteiger partial charge >= 0.3 is 5.97 Å². The molecule has 74 valence electrons. The number of hydrogen-bond donors (Lipinski definition) is 0. The summed E-state index contributed by atoms with van der Waals surface area (Å²) in [6.45, 7) is 4.14. The first-order valence-corrected chi connectivity index (χ1v) is 4.11. The van der Waals surface area contributed by atoms with Gasteiger partial charge in [-0.15, -0.1) is 0 Å². The highest BCUT2D eigenvalue weighted by molar-refractivity contribution is 5.81. The maximum atomic E-state index is 10.7. The first-order valence-electron chi connectivity index (χ1n) is 4.11. The largest absolute Gasteiger partial charge is 0.466 e. The molecular formula is C9H14O4. The minimum absolute atomic E-state index is 0.158. The Bertz CT molecular complexity index is 220. The molecule has 4 nitrogen and oxygen atoms in total. The fourth-order valence-corrected chi connectivity index (χ4v) is 1.06. The highest BCUT2D eigenvalue weighted by Crippen LogP contribution is 2.22. The Labute approximate surface area is 77.5 Å². The van der Waals surface area contributed by atoms with E-state index in [0.717, 1.165) is 0 Å². The number of ether oxygens (including phenoxy) is 3. The van der Waals surface area contributed by atoms with Crippen LogP contribution in [-0.2, 0) is 19.0 Å². The predicted molar refractivity (Wildman–Crippen MR) is 46.1 cm³/mol. The zero-order valence-electron chi connectivity index (χ0n) is 8.07. The SMILES string of the molecule is COC(=O)C=CC1COC(C)(C)O1. The van der Waals surface area contributed by atoms with E-state index in [2.05, 4.69) is 4.74 Å². The van der Waals surface area contributed by atoms with Gasteiger partial charge in [-0.1, -0.05) is 0 Å². The van der Waals surface area contributed by atoms with Crippen LogP contribution < -0.4 is 0 Å². The molecule has 0 radical (unpaired) electrons. The Balaban J connectivity index is 2.40. The van der Waals surface area contributed by atoms with Gasteiger partial charge in [0.25, 0.3) is 0 Å². The number of methoxy groups -OCH3 is 1. The van der Waals surface area contributed by atoms with Gasteiger partial charge in [0.05, 0.1) is 13.7 Å². The molecule has 1 aliphatic rings. The summed E-state index contributed by atoms with van der Waals surface area (Å²) in [6, 6.07) is 0. The predicted octanol–water partition coefficient (Wildman–Crippen LogP) is 0.867. The van der Waals surface area contributed by atoms with Crippen LogP contribution in [-0.4, -0.2) is 31.6 Å². The lowest BCUT2D eigenvalue weighted by Crippen LogP contribution is -2.20. The summed E-state index contributed by atoms with van der Waals surface area (Å²) in [5.41, 5.74) is 0. The minimum atomic E-state index is -0.550.